The normalized spacial score (nSPS) is 16.4. The molecule has 0 spiro atoms. The summed E-state index contributed by atoms with van der Waals surface area (Å²) in [5.74, 6) is 0.385. The van der Waals surface area contributed by atoms with Crippen molar-refractivity contribution in [1.29, 1.82) is 0 Å². The summed E-state index contributed by atoms with van der Waals surface area (Å²) in [4.78, 5) is 40.4. The van der Waals surface area contributed by atoms with Gasteiger partial charge in [-0.2, -0.15) is 0 Å². The molecule has 2 atom stereocenters. The topological polar surface area (TPSA) is 87.7 Å². The summed E-state index contributed by atoms with van der Waals surface area (Å²) in [6, 6.07) is 0. The fraction of sp³-hybridized carbons (Fsp3) is 0.848. The van der Waals surface area contributed by atoms with Crippen LogP contribution in [0.1, 0.15) is 129 Å². The maximum atomic E-state index is 13.2. The average molecular weight is 566 g/mol. The second-order valence-electron chi connectivity index (χ2n) is 16.0. The molecule has 0 aliphatic heterocycles. The Labute approximate surface area is 246 Å². The highest BCUT2D eigenvalue weighted by Crippen LogP contribution is 2.30. The second-order valence-corrected chi connectivity index (χ2v) is 16.0. The van der Waals surface area contributed by atoms with Crippen molar-refractivity contribution in [3.63, 3.8) is 0 Å². The number of amides is 1. The highest BCUT2D eigenvalue weighted by atomic mass is 16.6. The Morgan fingerprint density at radius 3 is 1.43 bits per heavy atom. The van der Waals surface area contributed by atoms with E-state index in [4.69, 9.17) is 4.74 Å². The van der Waals surface area contributed by atoms with Crippen molar-refractivity contribution in [1.82, 2.24) is 15.5 Å². The fourth-order valence-corrected chi connectivity index (χ4v) is 5.53. The quantitative estimate of drug-likeness (QED) is 0.173. The Balaban J connectivity index is 4.79. The van der Waals surface area contributed by atoms with Crippen LogP contribution in [-0.2, 0) is 14.3 Å². The van der Waals surface area contributed by atoms with E-state index in [0.29, 0.717) is 19.4 Å². The minimum Gasteiger partial charge on any atom is -0.445 e. The van der Waals surface area contributed by atoms with Crippen molar-refractivity contribution in [2.24, 2.45) is 10.8 Å². The maximum absolute atomic E-state index is 13.2. The van der Waals surface area contributed by atoms with Gasteiger partial charge in [-0.1, -0.05) is 53.7 Å². The molecule has 0 aromatic carbocycles. The molecule has 0 aliphatic rings. The highest BCUT2D eigenvalue weighted by Gasteiger charge is 2.42. The first-order chi connectivity index (χ1) is 17.7. The molecule has 0 fully saturated rings. The monoisotopic (exact) mass is 565 g/mol. The Morgan fingerprint density at radius 1 is 0.650 bits per heavy atom. The predicted molar refractivity (Wildman–Crippen MR) is 168 cm³/mol. The van der Waals surface area contributed by atoms with E-state index >= 15 is 0 Å². The molecule has 234 valence electrons. The minimum absolute atomic E-state index is 0.169. The zero-order chi connectivity index (χ0) is 31.8. The van der Waals surface area contributed by atoms with Crippen LogP contribution in [0.3, 0.4) is 0 Å². The number of ether oxygens (including phenoxy) is 1. The number of hydrogen-bond donors (Lipinski definition) is 2. The molecule has 0 unspecified atom stereocenters. The van der Waals surface area contributed by atoms with Gasteiger partial charge in [0.15, 0.2) is 11.6 Å². The summed E-state index contributed by atoms with van der Waals surface area (Å²) in [6.45, 7) is 28.9. The van der Waals surface area contributed by atoms with Gasteiger partial charge in [-0.3, -0.25) is 9.59 Å². The number of nitrogens with one attached hydrogen (secondary N) is 2. The van der Waals surface area contributed by atoms with E-state index in [9.17, 15) is 14.4 Å². The first kappa shape index (κ1) is 38.3. The summed E-state index contributed by atoms with van der Waals surface area (Å²) < 4.78 is 5.42. The van der Waals surface area contributed by atoms with Crippen molar-refractivity contribution in [3.8, 4) is 0 Å². The lowest BCUT2D eigenvalue weighted by atomic mass is 9.75. The van der Waals surface area contributed by atoms with Gasteiger partial charge in [-0.15, -0.1) is 0 Å². The molecule has 7 heteroatoms. The SMILES string of the molecule is CN(CCC[C@@](C)(NC(C)(C)C)C(=O)C(C)(C)C)C(=O)OC/C=C/CCC[C@](C)(NC(C)(C)C)C(=O)C(C)(C)C. The summed E-state index contributed by atoms with van der Waals surface area (Å²) in [7, 11) is 1.72. The van der Waals surface area contributed by atoms with Crippen molar-refractivity contribution in [3.05, 3.63) is 12.2 Å². The molecule has 0 saturated heterocycles. The third kappa shape index (κ3) is 14.2. The Morgan fingerprint density at radius 2 is 1.05 bits per heavy atom. The van der Waals surface area contributed by atoms with Gasteiger partial charge in [0.05, 0.1) is 11.1 Å². The molecule has 0 aromatic rings. The van der Waals surface area contributed by atoms with E-state index < -0.39 is 21.9 Å². The Hall–Kier alpha value is -1.73. The fourth-order valence-electron chi connectivity index (χ4n) is 5.53. The van der Waals surface area contributed by atoms with Crippen LogP contribution in [0.4, 0.5) is 4.79 Å². The summed E-state index contributed by atoms with van der Waals surface area (Å²) in [5, 5.41) is 7.07. The van der Waals surface area contributed by atoms with Crippen molar-refractivity contribution in [2.45, 2.75) is 151 Å². The van der Waals surface area contributed by atoms with Crippen LogP contribution in [0.2, 0.25) is 0 Å². The molecule has 2 N–H and O–H groups in total. The van der Waals surface area contributed by atoms with Gasteiger partial charge in [-0.05, 0) is 87.5 Å². The van der Waals surface area contributed by atoms with Crippen LogP contribution >= 0.6 is 0 Å². The van der Waals surface area contributed by atoms with E-state index in [0.717, 1.165) is 19.3 Å². The number of unbranched alkanes of at least 4 members (excludes halogenated alkanes) is 1. The van der Waals surface area contributed by atoms with Gasteiger partial charge in [0.25, 0.3) is 0 Å². The van der Waals surface area contributed by atoms with Crippen LogP contribution in [0.25, 0.3) is 0 Å². The number of Topliss-reactive ketones (excluding diaryl/α,β-unsaturated/α-hetero) is 2. The van der Waals surface area contributed by atoms with E-state index in [-0.39, 0.29) is 35.3 Å². The Bertz CT molecular complexity index is 868. The zero-order valence-electron chi connectivity index (χ0n) is 28.7. The smallest absolute Gasteiger partial charge is 0.409 e. The molecule has 0 radical (unpaired) electrons. The lowest BCUT2D eigenvalue weighted by Gasteiger charge is -2.40. The van der Waals surface area contributed by atoms with Gasteiger partial charge in [0.2, 0.25) is 0 Å². The molecular formula is C33H63N3O4. The molecule has 0 saturated carbocycles. The van der Waals surface area contributed by atoms with Crippen molar-refractivity contribution in [2.75, 3.05) is 20.2 Å². The lowest BCUT2D eigenvalue weighted by molar-refractivity contribution is -0.134. The highest BCUT2D eigenvalue weighted by molar-refractivity contribution is 5.93. The van der Waals surface area contributed by atoms with Crippen LogP contribution < -0.4 is 10.6 Å². The molecule has 0 aromatic heterocycles. The molecule has 7 nitrogen and oxygen atoms in total. The van der Waals surface area contributed by atoms with Gasteiger partial charge in [-0.25, -0.2) is 4.79 Å². The summed E-state index contributed by atoms with van der Waals surface area (Å²) >= 11 is 0. The molecule has 0 heterocycles. The van der Waals surface area contributed by atoms with E-state index in [1.807, 2.05) is 67.5 Å². The van der Waals surface area contributed by atoms with Crippen molar-refractivity contribution < 1.29 is 19.1 Å². The second kappa shape index (κ2) is 14.4. The van der Waals surface area contributed by atoms with Crippen LogP contribution in [-0.4, -0.2) is 64.9 Å². The van der Waals surface area contributed by atoms with Crippen molar-refractivity contribution >= 4 is 17.7 Å². The van der Waals surface area contributed by atoms with Gasteiger partial charge >= 0.3 is 6.09 Å². The summed E-state index contributed by atoms with van der Waals surface area (Å²) in [5.41, 5.74) is -2.55. The molecule has 0 bridgehead atoms. The van der Waals surface area contributed by atoms with E-state index in [1.165, 1.54) is 0 Å². The average Bonchev–Trinajstić information content (AvgIpc) is 2.73. The minimum atomic E-state index is -0.681. The number of carbonyl (C=O) groups is 3. The van der Waals surface area contributed by atoms with E-state index in [2.05, 4.69) is 52.2 Å². The first-order valence-corrected chi connectivity index (χ1v) is 14.9. The maximum Gasteiger partial charge on any atom is 0.409 e. The molecule has 40 heavy (non-hydrogen) atoms. The van der Waals surface area contributed by atoms with Gasteiger partial charge in [0, 0.05) is 35.5 Å². The standard InChI is InChI=1S/C33H63N3O4/c1-28(2,3)25(37)32(13,34-30(7,8)9)21-18-16-17-19-24-40-27(39)36(15)23-20-22-33(14,35-31(10,11)12)26(38)29(4,5)6/h17,19,34-35H,16,18,20-24H2,1-15H3/b19-17+/t32-,33+/m0/s1. The summed E-state index contributed by atoms with van der Waals surface area (Å²) in [6.07, 6.45) is 7.17. The predicted octanol–water partition coefficient (Wildman–Crippen LogP) is 7.09. The number of nitrogens with zero attached hydrogens (tertiary/aromatic N) is 1. The van der Waals surface area contributed by atoms with Gasteiger partial charge in [0.1, 0.15) is 6.61 Å². The molecule has 0 aliphatic carbocycles. The molecular weight excluding hydrogens is 502 g/mol. The third-order valence-electron chi connectivity index (χ3n) is 6.67. The van der Waals surface area contributed by atoms with E-state index in [1.54, 1.807) is 11.9 Å². The molecule has 1 amide bonds. The van der Waals surface area contributed by atoms with Crippen LogP contribution in [0.5, 0.6) is 0 Å². The zero-order valence-corrected chi connectivity index (χ0v) is 28.7. The molecule has 0 rings (SSSR count). The van der Waals surface area contributed by atoms with Gasteiger partial charge < -0.3 is 20.3 Å². The van der Waals surface area contributed by atoms with Crippen LogP contribution in [0, 0.1) is 10.8 Å². The van der Waals surface area contributed by atoms with Crippen LogP contribution in [0.15, 0.2) is 12.2 Å². The number of allylic oxidation sites excluding steroid dienone is 1. The third-order valence-corrected chi connectivity index (χ3v) is 6.67. The largest absolute Gasteiger partial charge is 0.445 e. The Kier molecular flexibility index (Phi) is 13.8. The number of carbonyl (C=O) groups excluding carboxylic acids is 3. The first-order valence-electron chi connectivity index (χ1n) is 14.9. The number of rotatable bonds is 14. The lowest BCUT2D eigenvalue weighted by Crippen LogP contribution is -2.60. The number of ketones is 2. The number of hydrogen-bond acceptors (Lipinski definition) is 6.